The van der Waals surface area contributed by atoms with E-state index < -0.39 is 0 Å². The Morgan fingerprint density at radius 3 is 2.29 bits per heavy atom. The van der Waals surface area contributed by atoms with Crippen molar-refractivity contribution in [1.29, 1.82) is 5.26 Å². The van der Waals surface area contributed by atoms with Crippen LogP contribution in [0.4, 0.5) is 0 Å². The van der Waals surface area contributed by atoms with Crippen molar-refractivity contribution in [2.75, 3.05) is 7.11 Å². The molecular weight excluding hydrogens is 260 g/mol. The van der Waals surface area contributed by atoms with Crippen molar-refractivity contribution < 1.29 is 4.74 Å². The van der Waals surface area contributed by atoms with Gasteiger partial charge in [-0.2, -0.15) is 5.26 Å². The molecule has 0 saturated carbocycles. The molecule has 21 heavy (non-hydrogen) atoms. The van der Waals surface area contributed by atoms with Crippen molar-refractivity contribution >= 4 is 0 Å². The normalized spacial score (nSPS) is 11.7. The van der Waals surface area contributed by atoms with Crippen molar-refractivity contribution in [3.05, 3.63) is 65.2 Å². The van der Waals surface area contributed by atoms with Crippen molar-refractivity contribution in [2.24, 2.45) is 0 Å². The van der Waals surface area contributed by atoms with Gasteiger partial charge in [-0.3, -0.25) is 0 Å². The van der Waals surface area contributed by atoms with E-state index in [1.54, 1.807) is 7.11 Å². The van der Waals surface area contributed by atoms with Gasteiger partial charge < -0.3 is 10.1 Å². The first-order valence-electron chi connectivity index (χ1n) is 7.13. The van der Waals surface area contributed by atoms with Crippen LogP contribution in [0.25, 0.3) is 0 Å². The van der Waals surface area contributed by atoms with E-state index in [4.69, 9.17) is 10.00 Å². The summed E-state index contributed by atoms with van der Waals surface area (Å²) >= 11 is 0. The maximum atomic E-state index is 8.80. The summed E-state index contributed by atoms with van der Waals surface area (Å²) in [5.41, 5.74) is 3.13. The first-order chi connectivity index (χ1) is 10.3. The molecule has 1 atom stereocenters. The van der Waals surface area contributed by atoms with Gasteiger partial charge in [0.25, 0.3) is 0 Å². The van der Waals surface area contributed by atoms with Crippen LogP contribution in [0.3, 0.4) is 0 Å². The van der Waals surface area contributed by atoms with Gasteiger partial charge in [-0.1, -0.05) is 31.2 Å². The third-order valence-corrected chi connectivity index (χ3v) is 3.56. The molecule has 0 unspecified atom stereocenters. The number of nitrogens with zero attached hydrogens (tertiary/aromatic N) is 1. The second-order valence-electron chi connectivity index (χ2n) is 4.92. The second kappa shape index (κ2) is 7.47. The summed E-state index contributed by atoms with van der Waals surface area (Å²) in [4.78, 5) is 0. The fraction of sp³-hybridized carbons (Fsp3) is 0.278. The predicted octanol–water partition coefficient (Wildman–Crippen LogP) is 3.81. The molecule has 0 radical (unpaired) electrons. The summed E-state index contributed by atoms with van der Waals surface area (Å²) < 4.78 is 5.19. The third-order valence-electron chi connectivity index (χ3n) is 3.56. The molecule has 0 fully saturated rings. The van der Waals surface area contributed by atoms with Crippen LogP contribution in [0.15, 0.2) is 48.5 Å². The standard InChI is InChI=1S/C18H20N2O/c1-3-18(16-8-10-17(21-2)11-9-16)20-13-15-6-4-14(12-19)5-7-15/h4-11,18,20H,3,13H2,1-2H3/t18-/m0/s1. The lowest BCUT2D eigenvalue weighted by Gasteiger charge is -2.18. The highest BCUT2D eigenvalue weighted by atomic mass is 16.5. The van der Waals surface area contributed by atoms with Crippen LogP contribution >= 0.6 is 0 Å². The van der Waals surface area contributed by atoms with E-state index in [9.17, 15) is 0 Å². The third kappa shape index (κ3) is 4.08. The van der Waals surface area contributed by atoms with Crippen LogP contribution in [0, 0.1) is 11.3 Å². The van der Waals surface area contributed by atoms with Crippen LogP contribution in [0.1, 0.15) is 36.1 Å². The van der Waals surface area contributed by atoms with Gasteiger partial charge in [0.15, 0.2) is 0 Å². The van der Waals surface area contributed by atoms with E-state index in [2.05, 4.69) is 30.4 Å². The topological polar surface area (TPSA) is 45.0 Å². The molecule has 0 aromatic heterocycles. The van der Waals surface area contributed by atoms with E-state index in [-0.39, 0.29) is 0 Å². The van der Waals surface area contributed by atoms with Gasteiger partial charge in [0.1, 0.15) is 5.75 Å². The van der Waals surface area contributed by atoms with Gasteiger partial charge in [0, 0.05) is 12.6 Å². The van der Waals surface area contributed by atoms with Crippen LogP contribution in [-0.4, -0.2) is 7.11 Å². The Morgan fingerprint density at radius 2 is 1.76 bits per heavy atom. The zero-order valence-corrected chi connectivity index (χ0v) is 12.5. The van der Waals surface area contributed by atoms with E-state index in [0.717, 1.165) is 18.7 Å². The quantitative estimate of drug-likeness (QED) is 0.875. The number of hydrogen-bond acceptors (Lipinski definition) is 3. The SMILES string of the molecule is CC[C@H](NCc1ccc(C#N)cc1)c1ccc(OC)cc1. The highest BCUT2D eigenvalue weighted by Gasteiger charge is 2.08. The lowest BCUT2D eigenvalue weighted by Crippen LogP contribution is -2.20. The van der Waals surface area contributed by atoms with E-state index in [1.165, 1.54) is 11.1 Å². The fourth-order valence-corrected chi connectivity index (χ4v) is 2.27. The molecule has 108 valence electrons. The molecule has 0 aliphatic heterocycles. The van der Waals surface area contributed by atoms with E-state index in [0.29, 0.717) is 11.6 Å². The minimum absolute atomic E-state index is 0.312. The molecule has 0 spiro atoms. The Morgan fingerprint density at radius 1 is 1.10 bits per heavy atom. The molecule has 0 aliphatic carbocycles. The van der Waals surface area contributed by atoms with Gasteiger partial charge >= 0.3 is 0 Å². The Labute approximate surface area is 126 Å². The monoisotopic (exact) mass is 280 g/mol. The first-order valence-corrected chi connectivity index (χ1v) is 7.13. The Balaban J connectivity index is 1.99. The first kappa shape index (κ1) is 15.1. The highest BCUT2D eigenvalue weighted by molar-refractivity contribution is 5.32. The number of rotatable bonds is 6. The Hall–Kier alpha value is -2.31. The van der Waals surface area contributed by atoms with Crippen LogP contribution in [0.5, 0.6) is 5.75 Å². The maximum Gasteiger partial charge on any atom is 0.118 e. The van der Waals surface area contributed by atoms with E-state index >= 15 is 0 Å². The number of nitrogens with one attached hydrogen (secondary N) is 1. The average molecular weight is 280 g/mol. The molecule has 2 rings (SSSR count). The lowest BCUT2D eigenvalue weighted by atomic mass is 10.0. The fourth-order valence-electron chi connectivity index (χ4n) is 2.27. The number of nitriles is 1. The summed E-state index contributed by atoms with van der Waals surface area (Å²) in [7, 11) is 1.68. The van der Waals surface area contributed by atoms with Gasteiger partial charge in [0.2, 0.25) is 0 Å². The van der Waals surface area contributed by atoms with Gasteiger partial charge in [-0.25, -0.2) is 0 Å². The van der Waals surface area contributed by atoms with Crippen LogP contribution in [0.2, 0.25) is 0 Å². The molecule has 2 aromatic carbocycles. The molecular formula is C18H20N2O. The highest BCUT2D eigenvalue weighted by Crippen LogP contribution is 2.20. The van der Waals surface area contributed by atoms with Crippen molar-refractivity contribution in [3.63, 3.8) is 0 Å². The lowest BCUT2D eigenvalue weighted by molar-refractivity contribution is 0.414. The average Bonchev–Trinajstić information content (AvgIpc) is 2.56. The minimum Gasteiger partial charge on any atom is -0.497 e. The number of hydrogen-bond donors (Lipinski definition) is 1. The smallest absolute Gasteiger partial charge is 0.118 e. The largest absolute Gasteiger partial charge is 0.497 e. The Bertz CT molecular complexity index is 597. The van der Waals surface area contributed by atoms with Gasteiger partial charge in [-0.05, 0) is 41.8 Å². The zero-order valence-electron chi connectivity index (χ0n) is 12.5. The second-order valence-corrected chi connectivity index (χ2v) is 4.92. The van der Waals surface area contributed by atoms with Gasteiger partial charge in [-0.15, -0.1) is 0 Å². The minimum atomic E-state index is 0.312. The summed E-state index contributed by atoms with van der Waals surface area (Å²) in [6.07, 6.45) is 1.02. The van der Waals surface area contributed by atoms with Crippen molar-refractivity contribution in [3.8, 4) is 11.8 Å². The summed E-state index contributed by atoms with van der Waals surface area (Å²) in [6, 6.07) is 18.3. The molecule has 0 aliphatic rings. The number of ether oxygens (including phenoxy) is 1. The maximum absolute atomic E-state index is 8.80. The van der Waals surface area contributed by atoms with Gasteiger partial charge in [0.05, 0.1) is 18.7 Å². The molecule has 3 heteroatoms. The molecule has 0 bridgehead atoms. The molecule has 0 heterocycles. The van der Waals surface area contributed by atoms with E-state index in [1.807, 2.05) is 36.4 Å². The molecule has 0 saturated heterocycles. The number of methoxy groups -OCH3 is 1. The summed E-state index contributed by atoms with van der Waals surface area (Å²) in [5.74, 6) is 0.876. The summed E-state index contributed by atoms with van der Waals surface area (Å²) in [5, 5.41) is 12.4. The van der Waals surface area contributed by atoms with Crippen molar-refractivity contribution in [1.82, 2.24) is 5.32 Å². The predicted molar refractivity (Wildman–Crippen MR) is 84.0 cm³/mol. The number of benzene rings is 2. The summed E-state index contributed by atoms with van der Waals surface area (Å²) in [6.45, 7) is 2.96. The molecule has 2 aromatic rings. The molecule has 3 nitrogen and oxygen atoms in total. The molecule has 1 N–H and O–H groups in total. The zero-order chi connectivity index (χ0) is 15.1. The van der Waals surface area contributed by atoms with Crippen LogP contribution < -0.4 is 10.1 Å². The Kier molecular flexibility index (Phi) is 5.36. The van der Waals surface area contributed by atoms with Crippen molar-refractivity contribution in [2.45, 2.75) is 25.9 Å². The van der Waals surface area contributed by atoms with Crippen LogP contribution in [-0.2, 0) is 6.54 Å². The molecule has 0 amide bonds.